The minimum Gasteiger partial charge on any atom is -0.398 e. The lowest BCUT2D eigenvalue weighted by molar-refractivity contribution is -0.118. The molecule has 4 rings (SSSR count). The molecule has 2 N–H and O–H groups in total. The molecule has 2 aliphatic rings. The van der Waals surface area contributed by atoms with Gasteiger partial charge in [0.1, 0.15) is 0 Å². The van der Waals surface area contributed by atoms with Gasteiger partial charge in [-0.1, -0.05) is 18.2 Å². The first-order chi connectivity index (χ1) is 12.6. The Morgan fingerprint density at radius 1 is 1.00 bits per heavy atom. The van der Waals surface area contributed by atoms with Gasteiger partial charge in [0.2, 0.25) is 5.91 Å². The Morgan fingerprint density at radius 3 is 2.38 bits per heavy atom. The lowest BCUT2D eigenvalue weighted by atomic mass is 9.99. The second-order valence-corrected chi connectivity index (χ2v) is 6.55. The van der Waals surface area contributed by atoms with Crippen LogP contribution >= 0.6 is 0 Å². The molecule has 0 fully saturated rings. The number of hydrogen-bond acceptors (Lipinski definition) is 4. The fraction of sp³-hybridized carbons (Fsp3) is 0.250. The summed E-state index contributed by atoms with van der Waals surface area (Å²) in [4.78, 5) is 40.4. The van der Waals surface area contributed by atoms with Crippen molar-refractivity contribution in [3.63, 3.8) is 0 Å². The quantitative estimate of drug-likeness (QED) is 0.680. The summed E-state index contributed by atoms with van der Waals surface area (Å²) in [5.41, 5.74) is 9.36. The van der Waals surface area contributed by atoms with Gasteiger partial charge in [-0.15, -0.1) is 0 Å². The maximum Gasteiger partial charge on any atom is 0.261 e. The van der Waals surface area contributed by atoms with E-state index in [-0.39, 0.29) is 30.7 Å². The number of rotatable bonds is 3. The summed E-state index contributed by atoms with van der Waals surface area (Å²) in [5, 5.41) is 0. The van der Waals surface area contributed by atoms with Crippen LogP contribution in [0.25, 0.3) is 0 Å². The predicted molar refractivity (Wildman–Crippen MR) is 98.0 cm³/mol. The maximum atomic E-state index is 12.8. The average Bonchev–Trinajstić information content (AvgIpc) is 2.91. The molecule has 0 aromatic heterocycles. The SMILES string of the molecule is Nc1cccc2c1CCCN2C(=O)CCN1C(=O)c2ccccc2C1=O. The van der Waals surface area contributed by atoms with Crippen LogP contribution < -0.4 is 10.6 Å². The van der Waals surface area contributed by atoms with Crippen LogP contribution in [-0.2, 0) is 11.2 Å². The lowest BCUT2D eigenvalue weighted by Crippen LogP contribution is -2.39. The molecule has 2 aromatic rings. The lowest BCUT2D eigenvalue weighted by Gasteiger charge is -2.30. The summed E-state index contributed by atoms with van der Waals surface area (Å²) in [7, 11) is 0. The number of nitrogens with zero attached hydrogens (tertiary/aromatic N) is 2. The fourth-order valence-corrected chi connectivity index (χ4v) is 3.70. The van der Waals surface area contributed by atoms with Crippen molar-refractivity contribution in [2.24, 2.45) is 0 Å². The van der Waals surface area contributed by atoms with E-state index < -0.39 is 0 Å². The van der Waals surface area contributed by atoms with Gasteiger partial charge >= 0.3 is 0 Å². The number of anilines is 2. The van der Waals surface area contributed by atoms with Gasteiger partial charge in [0.05, 0.1) is 11.1 Å². The van der Waals surface area contributed by atoms with Crippen LogP contribution in [0.2, 0.25) is 0 Å². The Hall–Kier alpha value is -3.15. The van der Waals surface area contributed by atoms with Gasteiger partial charge < -0.3 is 10.6 Å². The van der Waals surface area contributed by atoms with Crippen molar-refractivity contribution in [2.75, 3.05) is 23.7 Å². The molecule has 2 heterocycles. The van der Waals surface area contributed by atoms with Crippen LogP contribution in [0.3, 0.4) is 0 Å². The molecule has 0 spiro atoms. The standard InChI is InChI=1S/C20H19N3O3/c21-16-8-3-9-17-15(16)7-4-11-22(17)18(24)10-12-23-19(25)13-5-1-2-6-14(13)20(23)26/h1-3,5-6,8-9H,4,7,10-12,21H2. The van der Waals surface area contributed by atoms with Crippen LogP contribution in [0.1, 0.15) is 39.1 Å². The van der Waals surface area contributed by atoms with Crippen LogP contribution in [-0.4, -0.2) is 35.7 Å². The molecular formula is C20H19N3O3. The number of fused-ring (bicyclic) bond motifs is 2. The zero-order valence-corrected chi connectivity index (χ0v) is 14.3. The highest BCUT2D eigenvalue weighted by Gasteiger charge is 2.35. The average molecular weight is 349 g/mol. The first-order valence-electron chi connectivity index (χ1n) is 8.71. The highest BCUT2D eigenvalue weighted by molar-refractivity contribution is 6.21. The monoisotopic (exact) mass is 349 g/mol. The summed E-state index contributed by atoms with van der Waals surface area (Å²) >= 11 is 0. The summed E-state index contributed by atoms with van der Waals surface area (Å²) < 4.78 is 0. The van der Waals surface area contributed by atoms with Crippen molar-refractivity contribution in [2.45, 2.75) is 19.3 Å². The Balaban J connectivity index is 1.49. The smallest absolute Gasteiger partial charge is 0.261 e. The van der Waals surface area contributed by atoms with Crippen LogP contribution in [0.15, 0.2) is 42.5 Å². The molecule has 0 unspecified atom stereocenters. The van der Waals surface area contributed by atoms with Crippen molar-refractivity contribution in [1.29, 1.82) is 0 Å². The summed E-state index contributed by atoms with van der Waals surface area (Å²) in [6.45, 7) is 0.705. The van der Waals surface area contributed by atoms with Gasteiger partial charge in [0.15, 0.2) is 0 Å². The van der Waals surface area contributed by atoms with Crippen molar-refractivity contribution in [3.05, 3.63) is 59.2 Å². The Labute approximate surface area is 151 Å². The molecule has 2 aliphatic heterocycles. The Morgan fingerprint density at radius 2 is 1.69 bits per heavy atom. The second-order valence-electron chi connectivity index (χ2n) is 6.55. The summed E-state index contributed by atoms with van der Waals surface area (Å²) in [5.74, 6) is -0.767. The minimum atomic E-state index is -0.332. The van der Waals surface area contributed by atoms with Crippen LogP contribution in [0.5, 0.6) is 0 Å². The third-order valence-electron chi connectivity index (χ3n) is 5.02. The fourth-order valence-electron chi connectivity index (χ4n) is 3.70. The van der Waals surface area contributed by atoms with Crippen LogP contribution in [0, 0.1) is 0 Å². The van der Waals surface area contributed by atoms with E-state index in [4.69, 9.17) is 5.73 Å². The minimum absolute atomic E-state index is 0.0827. The zero-order valence-electron chi connectivity index (χ0n) is 14.3. The Bertz CT molecular complexity index is 887. The summed E-state index contributed by atoms with van der Waals surface area (Å²) in [6.07, 6.45) is 1.80. The van der Waals surface area contributed by atoms with E-state index in [2.05, 4.69) is 0 Å². The Kier molecular flexibility index (Phi) is 3.95. The number of nitrogen functional groups attached to an aromatic ring is 1. The topological polar surface area (TPSA) is 83.7 Å². The van der Waals surface area contributed by atoms with E-state index in [1.54, 1.807) is 29.2 Å². The predicted octanol–water partition coefficient (Wildman–Crippen LogP) is 2.23. The number of carbonyl (C=O) groups excluding carboxylic acids is 3. The summed E-state index contributed by atoms with van der Waals surface area (Å²) in [6, 6.07) is 12.3. The number of carbonyl (C=O) groups is 3. The van der Waals surface area contributed by atoms with Gasteiger partial charge in [-0.3, -0.25) is 19.3 Å². The highest BCUT2D eigenvalue weighted by atomic mass is 16.2. The molecule has 0 bridgehead atoms. The van der Waals surface area contributed by atoms with Crippen molar-refractivity contribution in [1.82, 2.24) is 4.90 Å². The third kappa shape index (κ3) is 2.54. The zero-order chi connectivity index (χ0) is 18.3. The number of imide groups is 1. The van der Waals surface area contributed by atoms with Crippen molar-refractivity contribution >= 4 is 29.1 Å². The molecule has 0 aliphatic carbocycles. The number of amides is 3. The van der Waals surface area contributed by atoms with Gasteiger partial charge in [-0.05, 0) is 42.7 Å². The highest BCUT2D eigenvalue weighted by Crippen LogP contribution is 2.32. The molecule has 26 heavy (non-hydrogen) atoms. The van der Waals surface area contributed by atoms with E-state index in [0.717, 1.165) is 29.0 Å². The largest absolute Gasteiger partial charge is 0.398 e. The van der Waals surface area contributed by atoms with Crippen molar-refractivity contribution < 1.29 is 14.4 Å². The molecule has 0 saturated heterocycles. The van der Waals surface area contributed by atoms with E-state index in [0.29, 0.717) is 23.4 Å². The first kappa shape index (κ1) is 16.3. The van der Waals surface area contributed by atoms with Gasteiger partial charge in [0.25, 0.3) is 11.8 Å². The molecule has 132 valence electrons. The molecule has 3 amide bonds. The van der Waals surface area contributed by atoms with Crippen molar-refractivity contribution in [3.8, 4) is 0 Å². The normalized spacial score (nSPS) is 15.8. The van der Waals surface area contributed by atoms with E-state index in [1.165, 1.54) is 0 Å². The molecule has 0 saturated carbocycles. The van der Waals surface area contributed by atoms with Gasteiger partial charge in [-0.25, -0.2) is 0 Å². The molecule has 2 aromatic carbocycles. The van der Waals surface area contributed by atoms with E-state index in [9.17, 15) is 14.4 Å². The second kappa shape index (κ2) is 6.29. The number of nitrogens with two attached hydrogens (primary N) is 1. The van der Waals surface area contributed by atoms with E-state index >= 15 is 0 Å². The first-order valence-corrected chi connectivity index (χ1v) is 8.71. The molecule has 0 radical (unpaired) electrons. The van der Waals surface area contributed by atoms with Crippen LogP contribution in [0.4, 0.5) is 11.4 Å². The number of benzene rings is 2. The molecule has 6 heteroatoms. The van der Waals surface area contributed by atoms with E-state index in [1.807, 2.05) is 18.2 Å². The number of hydrogen-bond donors (Lipinski definition) is 1. The molecule has 0 atom stereocenters. The third-order valence-corrected chi connectivity index (χ3v) is 5.02. The molecule has 6 nitrogen and oxygen atoms in total. The van der Waals surface area contributed by atoms with Gasteiger partial charge in [0, 0.05) is 30.9 Å². The molecular weight excluding hydrogens is 330 g/mol. The van der Waals surface area contributed by atoms with Gasteiger partial charge in [-0.2, -0.15) is 0 Å². The maximum absolute atomic E-state index is 12.8.